The molecule has 158 valence electrons. The molecule has 0 aliphatic carbocycles. The lowest BCUT2D eigenvalue weighted by Crippen LogP contribution is -2.36. The van der Waals surface area contributed by atoms with Crippen molar-refractivity contribution in [3.63, 3.8) is 0 Å². The van der Waals surface area contributed by atoms with Gasteiger partial charge >= 0.3 is 0 Å². The number of hydrogen-bond donors (Lipinski definition) is 1. The van der Waals surface area contributed by atoms with E-state index >= 15 is 0 Å². The number of likely N-dealkylation sites (tertiary alicyclic amines) is 1. The van der Waals surface area contributed by atoms with Crippen LogP contribution < -0.4 is 5.32 Å². The highest BCUT2D eigenvalue weighted by Gasteiger charge is 2.16. The molecule has 1 saturated heterocycles. The number of piperidine rings is 1. The molecule has 1 atom stereocenters. The van der Waals surface area contributed by atoms with E-state index in [0.717, 1.165) is 53.0 Å². The number of thioether (sulfide) groups is 1. The Labute approximate surface area is 182 Å². The molecule has 1 aromatic carbocycles. The highest BCUT2D eigenvalue weighted by molar-refractivity contribution is 7.98. The zero-order chi connectivity index (χ0) is 20.8. The lowest BCUT2D eigenvalue weighted by atomic mass is 10.0. The standard InChI is InChI=1S/C24H30N4OS/c1-19-8-6-13-27(16-19)14-7-12-25-24(29)21-9-2-3-10-22(21)30-18-20-17-28-15-5-4-11-23(28)26-20/h2-5,9-11,15,17,19H,6-8,12-14,16,18H2,1H3,(H,25,29). The minimum absolute atomic E-state index is 0.0140. The normalized spacial score (nSPS) is 17.3. The van der Waals surface area contributed by atoms with Gasteiger partial charge in [-0.15, -0.1) is 11.8 Å². The van der Waals surface area contributed by atoms with Gasteiger partial charge in [0.25, 0.3) is 5.91 Å². The summed E-state index contributed by atoms with van der Waals surface area (Å²) in [7, 11) is 0. The van der Waals surface area contributed by atoms with Crippen LogP contribution in [0.1, 0.15) is 42.2 Å². The Morgan fingerprint density at radius 3 is 2.97 bits per heavy atom. The first-order valence-electron chi connectivity index (χ1n) is 10.8. The molecule has 4 rings (SSSR count). The summed E-state index contributed by atoms with van der Waals surface area (Å²) in [6.07, 6.45) is 7.69. The number of imidazole rings is 1. The molecule has 0 radical (unpaired) electrons. The molecule has 3 heterocycles. The molecule has 1 amide bonds. The highest BCUT2D eigenvalue weighted by atomic mass is 32.2. The van der Waals surface area contributed by atoms with Crippen molar-refractivity contribution in [3.8, 4) is 0 Å². The Morgan fingerprint density at radius 1 is 1.23 bits per heavy atom. The molecular weight excluding hydrogens is 392 g/mol. The number of fused-ring (bicyclic) bond motifs is 1. The quantitative estimate of drug-likeness (QED) is 0.430. The maximum atomic E-state index is 12.8. The first-order valence-corrected chi connectivity index (χ1v) is 11.8. The molecule has 1 aliphatic heterocycles. The third kappa shape index (κ3) is 5.43. The molecule has 0 bridgehead atoms. The van der Waals surface area contributed by atoms with Gasteiger partial charge in [0.1, 0.15) is 5.65 Å². The Bertz CT molecular complexity index is 953. The first kappa shape index (κ1) is 20.9. The molecule has 3 aromatic rings. The van der Waals surface area contributed by atoms with E-state index in [4.69, 9.17) is 0 Å². The van der Waals surface area contributed by atoms with E-state index in [1.54, 1.807) is 11.8 Å². The molecular formula is C24H30N4OS. The Balaban J connectivity index is 1.29. The van der Waals surface area contributed by atoms with Crippen LogP contribution in [0.15, 0.2) is 59.8 Å². The number of carbonyl (C=O) groups excluding carboxylic acids is 1. The van der Waals surface area contributed by atoms with E-state index in [2.05, 4.69) is 22.1 Å². The maximum Gasteiger partial charge on any atom is 0.252 e. The predicted octanol–water partition coefficient (Wildman–Crippen LogP) is 4.48. The second-order valence-electron chi connectivity index (χ2n) is 8.14. The molecule has 6 heteroatoms. The van der Waals surface area contributed by atoms with E-state index in [1.807, 2.05) is 59.3 Å². The molecule has 0 spiro atoms. The maximum absolute atomic E-state index is 12.8. The van der Waals surface area contributed by atoms with Gasteiger partial charge in [0.15, 0.2) is 0 Å². The largest absolute Gasteiger partial charge is 0.352 e. The summed E-state index contributed by atoms with van der Waals surface area (Å²) in [6, 6.07) is 13.8. The summed E-state index contributed by atoms with van der Waals surface area (Å²) in [5.41, 5.74) is 2.71. The van der Waals surface area contributed by atoms with Gasteiger partial charge in [0, 0.05) is 36.1 Å². The van der Waals surface area contributed by atoms with Crippen LogP contribution in [0.5, 0.6) is 0 Å². The SMILES string of the molecule is CC1CCCN(CCCNC(=O)c2ccccc2SCc2cn3ccccc3n2)C1. The molecule has 1 aliphatic rings. The van der Waals surface area contributed by atoms with Gasteiger partial charge in [-0.25, -0.2) is 4.98 Å². The zero-order valence-electron chi connectivity index (χ0n) is 17.6. The summed E-state index contributed by atoms with van der Waals surface area (Å²) in [5, 5.41) is 3.11. The van der Waals surface area contributed by atoms with Crippen LogP contribution in [0, 0.1) is 5.92 Å². The number of nitrogens with zero attached hydrogens (tertiary/aromatic N) is 3. The van der Waals surface area contributed by atoms with Gasteiger partial charge < -0.3 is 14.6 Å². The first-order chi connectivity index (χ1) is 14.7. The van der Waals surface area contributed by atoms with Gasteiger partial charge in [-0.05, 0) is 62.5 Å². The van der Waals surface area contributed by atoms with Crippen molar-refractivity contribution in [2.24, 2.45) is 5.92 Å². The smallest absolute Gasteiger partial charge is 0.252 e. The fraction of sp³-hybridized carbons (Fsp3) is 0.417. The van der Waals surface area contributed by atoms with Gasteiger partial charge in [-0.3, -0.25) is 4.79 Å². The topological polar surface area (TPSA) is 49.6 Å². The number of pyridine rings is 1. The predicted molar refractivity (Wildman–Crippen MR) is 123 cm³/mol. The van der Waals surface area contributed by atoms with E-state index in [0.29, 0.717) is 0 Å². The second kappa shape index (κ2) is 10.1. The number of aromatic nitrogens is 2. The number of hydrogen-bond acceptors (Lipinski definition) is 4. The fourth-order valence-corrected chi connectivity index (χ4v) is 5.01. The van der Waals surface area contributed by atoms with Crippen LogP contribution in [0.4, 0.5) is 0 Å². The lowest BCUT2D eigenvalue weighted by molar-refractivity contribution is 0.0947. The van der Waals surface area contributed by atoms with Crippen LogP contribution in [0.3, 0.4) is 0 Å². The molecule has 5 nitrogen and oxygen atoms in total. The van der Waals surface area contributed by atoms with Crippen molar-refractivity contribution < 1.29 is 4.79 Å². The number of carbonyl (C=O) groups is 1. The van der Waals surface area contributed by atoms with Crippen molar-refractivity contribution in [1.82, 2.24) is 19.6 Å². The average molecular weight is 423 g/mol. The molecule has 30 heavy (non-hydrogen) atoms. The summed E-state index contributed by atoms with van der Waals surface area (Å²) in [4.78, 5) is 20.9. The second-order valence-corrected chi connectivity index (χ2v) is 9.16. The summed E-state index contributed by atoms with van der Waals surface area (Å²) in [5.74, 6) is 1.55. The fourth-order valence-electron chi connectivity index (χ4n) is 4.08. The molecule has 2 aromatic heterocycles. The number of benzene rings is 1. The minimum atomic E-state index is 0.0140. The van der Waals surface area contributed by atoms with Crippen LogP contribution in [-0.2, 0) is 5.75 Å². The molecule has 1 N–H and O–H groups in total. The Kier molecular flexibility index (Phi) is 7.07. The van der Waals surface area contributed by atoms with Crippen LogP contribution in [-0.4, -0.2) is 46.4 Å². The zero-order valence-corrected chi connectivity index (χ0v) is 18.4. The molecule has 1 unspecified atom stereocenters. The van der Waals surface area contributed by atoms with Crippen LogP contribution in [0.25, 0.3) is 5.65 Å². The van der Waals surface area contributed by atoms with Gasteiger partial charge in [-0.2, -0.15) is 0 Å². The van der Waals surface area contributed by atoms with Crippen molar-refractivity contribution >= 4 is 23.3 Å². The van der Waals surface area contributed by atoms with Crippen molar-refractivity contribution in [3.05, 3.63) is 66.1 Å². The van der Waals surface area contributed by atoms with Gasteiger partial charge in [0.05, 0.1) is 11.3 Å². The van der Waals surface area contributed by atoms with Gasteiger partial charge in [0.2, 0.25) is 0 Å². The van der Waals surface area contributed by atoms with Crippen molar-refractivity contribution in [1.29, 1.82) is 0 Å². The summed E-state index contributed by atoms with van der Waals surface area (Å²) >= 11 is 1.66. The minimum Gasteiger partial charge on any atom is -0.352 e. The highest BCUT2D eigenvalue weighted by Crippen LogP contribution is 2.26. The van der Waals surface area contributed by atoms with Crippen LogP contribution in [0.2, 0.25) is 0 Å². The average Bonchev–Trinajstić information content (AvgIpc) is 3.18. The van der Waals surface area contributed by atoms with E-state index < -0.39 is 0 Å². The summed E-state index contributed by atoms with van der Waals surface area (Å²) in [6.45, 7) is 6.50. The number of rotatable bonds is 8. The number of nitrogens with one attached hydrogen (secondary N) is 1. The van der Waals surface area contributed by atoms with Crippen molar-refractivity contribution in [2.45, 2.75) is 36.8 Å². The number of amides is 1. The lowest BCUT2D eigenvalue weighted by Gasteiger charge is -2.30. The monoisotopic (exact) mass is 422 g/mol. The Hall–Kier alpha value is -2.31. The Morgan fingerprint density at radius 2 is 2.10 bits per heavy atom. The third-order valence-electron chi connectivity index (χ3n) is 5.60. The van der Waals surface area contributed by atoms with E-state index in [-0.39, 0.29) is 5.91 Å². The third-order valence-corrected chi connectivity index (χ3v) is 6.71. The van der Waals surface area contributed by atoms with Crippen molar-refractivity contribution in [2.75, 3.05) is 26.2 Å². The molecule has 1 fully saturated rings. The van der Waals surface area contributed by atoms with Gasteiger partial charge in [-0.1, -0.05) is 25.1 Å². The summed E-state index contributed by atoms with van der Waals surface area (Å²) < 4.78 is 2.03. The molecule has 0 saturated carbocycles. The van der Waals surface area contributed by atoms with E-state index in [9.17, 15) is 4.79 Å². The van der Waals surface area contributed by atoms with E-state index in [1.165, 1.54) is 25.9 Å². The van der Waals surface area contributed by atoms with Crippen LogP contribution >= 0.6 is 11.8 Å².